The molecule has 0 spiro atoms. The highest BCUT2D eigenvalue weighted by Gasteiger charge is 2.17. The fourth-order valence-electron chi connectivity index (χ4n) is 2.06. The van der Waals surface area contributed by atoms with Crippen molar-refractivity contribution >= 4 is 0 Å². The second kappa shape index (κ2) is 4.58. The lowest BCUT2D eigenvalue weighted by molar-refractivity contribution is 0.584. The summed E-state index contributed by atoms with van der Waals surface area (Å²) in [4.78, 5) is 5.56. The molecule has 2 aromatic heterocycles. The number of aromatic nitrogens is 5. The molecule has 17 heavy (non-hydrogen) atoms. The van der Waals surface area contributed by atoms with Crippen molar-refractivity contribution in [2.45, 2.75) is 25.3 Å². The fraction of sp³-hybridized carbons (Fsp3) is 0.455. The molecule has 0 amide bonds. The number of rotatable bonds is 3. The van der Waals surface area contributed by atoms with Crippen LogP contribution in [0.5, 0.6) is 0 Å². The molecule has 3 rings (SSSR count). The minimum absolute atomic E-state index is 0.501. The molecule has 1 N–H and O–H groups in total. The Labute approximate surface area is 99.1 Å². The van der Waals surface area contributed by atoms with Crippen molar-refractivity contribution in [1.82, 2.24) is 30.5 Å². The van der Waals surface area contributed by atoms with Crippen LogP contribution in [0, 0.1) is 0 Å². The molecule has 6 nitrogen and oxygen atoms in total. The average molecular weight is 230 g/mol. The highest BCUT2D eigenvalue weighted by molar-refractivity contribution is 5.23. The molecule has 0 radical (unpaired) electrons. The van der Waals surface area contributed by atoms with Gasteiger partial charge in [0.1, 0.15) is 5.69 Å². The van der Waals surface area contributed by atoms with E-state index in [1.807, 2.05) is 12.1 Å². The molecule has 1 atom stereocenters. The molecule has 1 aliphatic rings. The van der Waals surface area contributed by atoms with Crippen molar-refractivity contribution in [1.29, 1.82) is 0 Å². The highest BCUT2D eigenvalue weighted by atomic mass is 15.6. The van der Waals surface area contributed by atoms with Gasteiger partial charge in [0.25, 0.3) is 0 Å². The SMILES string of the molecule is c1cncc(-n2nnc(CC3CCCN3)n2)c1. The Morgan fingerprint density at radius 2 is 2.47 bits per heavy atom. The third-order valence-corrected chi connectivity index (χ3v) is 2.92. The molecule has 0 aliphatic carbocycles. The van der Waals surface area contributed by atoms with Crippen LogP contribution in [-0.2, 0) is 6.42 Å². The zero-order valence-corrected chi connectivity index (χ0v) is 9.45. The van der Waals surface area contributed by atoms with E-state index in [2.05, 4.69) is 25.7 Å². The van der Waals surface area contributed by atoms with Gasteiger partial charge < -0.3 is 5.32 Å². The molecule has 3 heterocycles. The Morgan fingerprint density at radius 1 is 1.47 bits per heavy atom. The standard InChI is InChI=1S/C11H14N6/c1-3-9(13-6-1)7-11-14-16-17(15-11)10-4-2-5-12-8-10/h2,4-5,8-9,13H,1,3,6-7H2. The van der Waals surface area contributed by atoms with Crippen molar-refractivity contribution < 1.29 is 0 Å². The summed E-state index contributed by atoms with van der Waals surface area (Å²) in [5.74, 6) is 0.785. The monoisotopic (exact) mass is 230 g/mol. The largest absolute Gasteiger partial charge is 0.314 e. The van der Waals surface area contributed by atoms with Crippen LogP contribution < -0.4 is 5.32 Å². The van der Waals surface area contributed by atoms with Crippen molar-refractivity contribution in [2.24, 2.45) is 0 Å². The quantitative estimate of drug-likeness (QED) is 0.824. The van der Waals surface area contributed by atoms with E-state index >= 15 is 0 Å². The minimum Gasteiger partial charge on any atom is -0.314 e. The summed E-state index contributed by atoms with van der Waals surface area (Å²) in [6.07, 6.45) is 6.73. The number of nitrogens with one attached hydrogen (secondary N) is 1. The van der Waals surface area contributed by atoms with Gasteiger partial charge in [-0.15, -0.1) is 15.0 Å². The second-order valence-electron chi connectivity index (χ2n) is 4.20. The number of hydrogen-bond donors (Lipinski definition) is 1. The lowest BCUT2D eigenvalue weighted by atomic mass is 10.1. The van der Waals surface area contributed by atoms with Gasteiger partial charge in [0.05, 0.1) is 6.20 Å². The zero-order valence-electron chi connectivity index (χ0n) is 9.45. The van der Waals surface area contributed by atoms with Crippen molar-refractivity contribution in [3.63, 3.8) is 0 Å². The Bertz CT molecular complexity index is 474. The minimum atomic E-state index is 0.501. The summed E-state index contributed by atoms with van der Waals surface area (Å²) in [6.45, 7) is 1.10. The van der Waals surface area contributed by atoms with Crippen LogP contribution in [0.2, 0.25) is 0 Å². The van der Waals surface area contributed by atoms with E-state index in [-0.39, 0.29) is 0 Å². The van der Waals surface area contributed by atoms with Crippen LogP contribution in [0.25, 0.3) is 5.69 Å². The summed E-state index contributed by atoms with van der Waals surface area (Å²) < 4.78 is 0. The first-order chi connectivity index (χ1) is 8.42. The van der Waals surface area contributed by atoms with Crippen molar-refractivity contribution in [3.8, 4) is 5.69 Å². The molecule has 0 bridgehead atoms. The second-order valence-corrected chi connectivity index (χ2v) is 4.20. The maximum Gasteiger partial charge on any atom is 0.176 e. The molecule has 1 unspecified atom stereocenters. The molecule has 0 saturated carbocycles. The molecule has 1 fully saturated rings. The van der Waals surface area contributed by atoms with Gasteiger partial charge in [-0.2, -0.15) is 0 Å². The van der Waals surface area contributed by atoms with Gasteiger partial charge in [0.2, 0.25) is 0 Å². The van der Waals surface area contributed by atoms with E-state index in [1.54, 1.807) is 12.4 Å². The van der Waals surface area contributed by atoms with E-state index in [4.69, 9.17) is 0 Å². The molecule has 1 saturated heterocycles. The molecular weight excluding hydrogens is 216 g/mol. The number of pyridine rings is 1. The Hall–Kier alpha value is -1.82. The third kappa shape index (κ3) is 2.31. The molecule has 2 aromatic rings. The summed E-state index contributed by atoms with van der Waals surface area (Å²) >= 11 is 0. The van der Waals surface area contributed by atoms with Crippen LogP contribution in [-0.4, -0.2) is 37.8 Å². The van der Waals surface area contributed by atoms with Crippen LogP contribution in [0.15, 0.2) is 24.5 Å². The van der Waals surface area contributed by atoms with Gasteiger partial charge >= 0.3 is 0 Å². The fourth-order valence-corrected chi connectivity index (χ4v) is 2.06. The molecule has 88 valence electrons. The van der Waals surface area contributed by atoms with E-state index in [1.165, 1.54) is 17.6 Å². The van der Waals surface area contributed by atoms with E-state index in [0.29, 0.717) is 6.04 Å². The van der Waals surface area contributed by atoms with E-state index in [0.717, 1.165) is 24.5 Å². The van der Waals surface area contributed by atoms with Gasteiger partial charge in [-0.25, -0.2) is 0 Å². The van der Waals surface area contributed by atoms with Crippen molar-refractivity contribution in [3.05, 3.63) is 30.4 Å². The maximum atomic E-state index is 4.36. The smallest absolute Gasteiger partial charge is 0.176 e. The summed E-state index contributed by atoms with van der Waals surface area (Å²) in [7, 11) is 0. The first kappa shape index (κ1) is 10.3. The summed E-state index contributed by atoms with van der Waals surface area (Å²) in [6, 6.07) is 4.27. The lowest BCUT2D eigenvalue weighted by Crippen LogP contribution is -2.24. The first-order valence-corrected chi connectivity index (χ1v) is 5.84. The Morgan fingerprint density at radius 3 is 3.24 bits per heavy atom. The normalized spacial score (nSPS) is 19.6. The lowest BCUT2D eigenvalue weighted by Gasteiger charge is -2.04. The molecular formula is C11H14N6. The van der Waals surface area contributed by atoms with E-state index < -0.39 is 0 Å². The van der Waals surface area contributed by atoms with Gasteiger partial charge in [0, 0.05) is 18.7 Å². The van der Waals surface area contributed by atoms with Gasteiger partial charge in [-0.3, -0.25) is 4.98 Å². The molecule has 1 aliphatic heterocycles. The average Bonchev–Trinajstić information content (AvgIpc) is 3.02. The van der Waals surface area contributed by atoms with Gasteiger partial charge in [-0.05, 0) is 36.7 Å². The van der Waals surface area contributed by atoms with Crippen LogP contribution in [0.4, 0.5) is 0 Å². The molecule has 0 aromatic carbocycles. The third-order valence-electron chi connectivity index (χ3n) is 2.92. The first-order valence-electron chi connectivity index (χ1n) is 5.84. The number of tetrazole rings is 1. The predicted molar refractivity (Wildman–Crippen MR) is 61.7 cm³/mol. The molecule has 6 heteroatoms. The number of nitrogens with zero attached hydrogens (tertiary/aromatic N) is 5. The summed E-state index contributed by atoms with van der Waals surface area (Å²) in [5, 5.41) is 15.9. The van der Waals surface area contributed by atoms with Crippen molar-refractivity contribution in [2.75, 3.05) is 6.54 Å². The van der Waals surface area contributed by atoms with Gasteiger partial charge in [-0.1, -0.05) is 0 Å². The van der Waals surface area contributed by atoms with Crippen LogP contribution in [0.3, 0.4) is 0 Å². The highest BCUT2D eigenvalue weighted by Crippen LogP contribution is 2.09. The Kier molecular flexibility index (Phi) is 2.79. The topological polar surface area (TPSA) is 68.5 Å². The van der Waals surface area contributed by atoms with Crippen LogP contribution in [0.1, 0.15) is 18.7 Å². The van der Waals surface area contributed by atoms with E-state index in [9.17, 15) is 0 Å². The predicted octanol–water partition coefficient (Wildman–Crippen LogP) is 0.352. The zero-order chi connectivity index (χ0) is 11.5. The summed E-state index contributed by atoms with van der Waals surface area (Å²) in [5.41, 5.74) is 0.839. The number of hydrogen-bond acceptors (Lipinski definition) is 5. The Balaban J connectivity index is 1.74. The van der Waals surface area contributed by atoms with Crippen LogP contribution >= 0.6 is 0 Å². The van der Waals surface area contributed by atoms with Gasteiger partial charge in [0.15, 0.2) is 5.82 Å². The maximum absolute atomic E-state index is 4.36.